The van der Waals surface area contributed by atoms with Gasteiger partial charge < -0.3 is 20.1 Å². The molecule has 0 aromatic heterocycles. The van der Waals surface area contributed by atoms with E-state index in [9.17, 15) is 5.11 Å². The third kappa shape index (κ3) is 5.61. The Balaban J connectivity index is 1.88. The van der Waals surface area contributed by atoms with Crippen LogP contribution >= 0.6 is 0 Å². The van der Waals surface area contributed by atoms with Crippen LogP contribution in [0.4, 0.5) is 0 Å². The molecule has 0 spiro atoms. The van der Waals surface area contributed by atoms with Crippen molar-refractivity contribution < 1.29 is 20.1 Å². The Bertz CT molecular complexity index is 669. The minimum absolute atomic E-state index is 0.0758. The number of phenolic OH excluding ortho intramolecular Hbond substituents is 1. The van der Waals surface area contributed by atoms with Gasteiger partial charge in [0.25, 0.3) is 0 Å². The highest BCUT2D eigenvalue weighted by molar-refractivity contribution is 5.47. The van der Waals surface area contributed by atoms with Crippen molar-refractivity contribution in [2.75, 3.05) is 13.2 Å². The van der Waals surface area contributed by atoms with Gasteiger partial charge in [0.15, 0.2) is 0 Å². The summed E-state index contributed by atoms with van der Waals surface area (Å²) in [5.41, 5.74) is 3.92. The normalized spacial score (nSPS) is 19.7. The lowest BCUT2D eigenvalue weighted by Crippen LogP contribution is -2.36. The monoisotopic (exact) mass is 360 g/mol. The van der Waals surface area contributed by atoms with Gasteiger partial charge in [0.05, 0.1) is 13.2 Å². The van der Waals surface area contributed by atoms with Crippen LogP contribution in [0.1, 0.15) is 57.1 Å². The van der Waals surface area contributed by atoms with E-state index in [1.165, 1.54) is 5.57 Å². The SMILES string of the molecule is C/C(=C\CC[C@]1(C)CCc2cc(O)cc(C)c2O1)CCC=C(CO)CO. The molecule has 4 heteroatoms. The molecule has 1 aromatic rings. The first-order valence-corrected chi connectivity index (χ1v) is 9.43. The van der Waals surface area contributed by atoms with Crippen LogP contribution in [0.5, 0.6) is 11.5 Å². The van der Waals surface area contributed by atoms with Crippen molar-refractivity contribution in [3.8, 4) is 11.5 Å². The zero-order valence-corrected chi connectivity index (χ0v) is 16.2. The molecule has 2 rings (SSSR count). The van der Waals surface area contributed by atoms with Crippen molar-refractivity contribution >= 4 is 0 Å². The standard InChI is InChI=1S/C22H32O4/c1-16(6-4-8-18(14-23)15-24)7-5-10-22(3)11-9-19-13-20(25)12-17(2)21(19)26-22/h7-8,12-13,23-25H,4-6,9-11,14-15H2,1-3H3/b16-7+/t22-/m1/s1. The molecule has 26 heavy (non-hydrogen) atoms. The van der Waals surface area contributed by atoms with Gasteiger partial charge in [-0.05, 0) is 88.1 Å². The summed E-state index contributed by atoms with van der Waals surface area (Å²) in [6.45, 7) is 6.12. The number of aromatic hydroxyl groups is 1. The number of allylic oxidation sites excluding steroid dienone is 3. The first-order chi connectivity index (χ1) is 12.4. The van der Waals surface area contributed by atoms with Gasteiger partial charge in [-0.1, -0.05) is 17.7 Å². The number of aliphatic hydroxyl groups excluding tert-OH is 2. The average molecular weight is 360 g/mol. The molecular formula is C22H32O4. The topological polar surface area (TPSA) is 69.9 Å². The van der Waals surface area contributed by atoms with Crippen molar-refractivity contribution in [2.24, 2.45) is 0 Å². The molecule has 1 aromatic carbocycles. The predicted octanol–water partition coefficient (Wildman–Crippen LogP) is 4.20. The van der Waals surface area contributed by atoms with Crippen molar-refractivity contribution in [3.63, 3.8) is 0 Å². The molecule has 1 atom stereocenters. The molecule has 1 aliphatic rings. The molecule has 4 nitrogen and oxygen atoms in total. The fourth-order valence-corrected chi connectivity index (χ4v) is 3.44. The molecule has 0 bridgehead atoms. The predicted molar refractivity (Wildman–Crippen MR) is 105 cm³/mol. The van der Waals surface area contributed by atoms with E-state index in [0.717, 1.165) is 55.4 Å². The summed E-state index contributed by atoms with van der Waals surface area (Å²) in [6, 6.07) is 3.57. The number of hydrogen-bond acceptors (Lipinski definition) is 4. The average Bonchev–Trinajstić information content (AvgIpc) is 2.59. The molecular weight excluding hydrogens is 328 g/mol. The van der Waals surface area contributed by atoms with E-state index in [0.29, 0.717) is 11.3 Å². The quantitative estimate of drug-likeness (QED) is 0.608. The van der Waals surface area contributed by atoms with E-state index in [1.807, 2.05) is 19.1 Å². The van der Waals surface area contributed by atoms with E-state index in [4.69, 9.17) is 14.9 Å². The molecule has 3 N–H and O–H groups in total. The summed E-state index contributed by atoms with van der Waals surface area (Å²) in [6.07, 6.45) is 9.75. The van der Waals surface area contributed by atoms with Gasteiger partial charge in [-0.3, -0.25) is 0 Å². The molecule has 0 saturated heterocycles. The molecule has 0 aliphatic carbocycles. The Morgan fingerprint density at radius 2 is 1.92 bits per heavy atom. The first-order valence-electron chi connectivity index (χ1n) is 9.43. The number of rotatable bonds is 8. The van der Waals surface area contributed by atoms with Gasteiger partial charge in [-0.2, -0.15) is 0 Å². The Hall–Kier alpha value is -1.78. The summed E-state index contributed by atoms with van der Waals surface area (Å²) in [5.74, 6) is 1.24. The maximum absolute atomic E-state index is 9.74. The Morgan fingerprint density at radius 3 is 2.62 bits per heavy atom. The van der Waals surface area contributed by atoms with Crippen LogP contribution in [-0.2, 0) is 6.42 Å². The summed E-state index contributed by atoms with van der Waals surface area (Å²) >= 11 is 0. The number of fused-ring (bicyclic) bond motifs is 1. The number of phenols is 1. The van der Waals surface area contributed by atoms with Crippen molar-refractivity contribution in [3.05, 3.63) is 46.6 Å². The molecule has 1 aliphatic heterocycles. The second-order valence-corrected chi connectivity index (χ2v) is 7.61. The molecule has 0 unspecified atom stereocenters. The van der Waals surface area contributed by atoms with Gasteiger partial charge in [0, 0.05) is 0 Å². The van der Waals surface area contributed by atoms with Crippen molar-refractivity contribution in [2.45, 2.75) is 64.9 Å². The van der Waals surface area contributed by atoms with Gasteiger partial charge in [0.1, 0.15) is 17.1 Å². The van der Waals surface area contributed by atoms with Crippen LogP contribution in [0.3, 0.4) is 0 Å². The van der Waals surface area contributed by atoms with E-state index in [2.05, 4.69) is 19.9 Å². The van der Waals surface area contributed by atoms with Gasteiger partial charge >= 0.3 is 0 Å². The number of aliphatic hydroxyl groups is 2. The zero-order chi connectivity index (χ0) is 19.2. The van der Waals surface area contributed by atoms with Crippen LogP contribution in [-0.4, -0.2) is 34.1 Å². The number of aryl methyl sites for hydroxylation is 2. The van der Waals surface area contributed by atoms with Crippen LogP contribution < -0.4 is 4.74 Å². The molecule has 0 saturated carbocycles. The highest BCUT2D eigenvalue weighted by Crippen LogP contribution is 2.39. The van der Waals surface area contributed by atoms with Gasteiger partial charge in [0.2, 0.25) is 0 Å². The van der Waals surface area contributed by atoms with E-state index >= 15 is 0 Å². The zero-order valence-electron chi connectivity index (χ0n) is 16.2. The fraction of sp³-hybridized carbons (Fsp3) is 0.545. The summed E-state index contributed by atoms with van der Waals surface area (Å²) in [4.78, 5) is 0. The highest BCUT2D eigenvalue weighted by atomic mass is 16.5. The first kappa shape index (κ1) is 20.5. The van der Waals surface area contributed by atoms with Crippen molar-refractivity contribution in [1.29, 1.82) is 0 Å². The molecule has 0 radical (unpaired) electrons. The minimum Gasteiger partial charge on any atom is -0.508 e. The lowest BCUT2D eigenvalue weighted by Gasteiger charge is -2.36. The summed E-state index contributed by atoms with van der Waals surface area (Å²) in [5, 5.41) is 27.8. The minimum atomic E-state index is -0.174. The molecule has 1 heterocycles. The lowest BCUT2D eigenvalue weighted by molar-refractivity contribution is 0.0561. The third-order valence-electron chi connectivity index (χ3n) is 5.15. The van der Waals surface area contributed by atoms with Crippen LogP contribution in [0, 0.1) is 6.92 Å². The third-order valence-corrected chi connectivity index (χ3v) is 5.15. The van der Waals surface area contributed by atoms with Crippen LogP contribution in [0.2, 0.25) is 0 Å². The largest absolute Gasteiger partial charge is 0.508 e. The summed E-state index contributed by atoms with van der Waals surface area (Å²) < 4.78 is 6.32. The van der Waals surface area contributed by atoms with Crippen molar-refractivity contribution in [1.82, 2.24) is 0 Å². The Kier molecular flexibility index (Phi) is 7.30. The van der Waals surface area contributed by atoms with E-state index in [1.54, 1.807) is 6.07 Å². The smallest absolute Gasteiger partial charge is 0.126 e. The maximum atomic E-state index is 9.74. The molecule has 144 valence electrons. The number of ether oxygens (including phenoxy) is 1. The summed E-state index contributed by atoms with van der Waals surface area (Å²) in [7, 11) is 0. The second kappa shape index (κ2) is 9.24. The van der Waals surface area contributed by atoms with Gasteiger partial charge in [-0.15, -0.1) is 0 Å². The highest BCUT2D eigenvalue weighted by Gasteiger charge is 2.31. The number of benzene rings is 1. The molecule has 0 fully saturated rings. The molecule has 0 amide bonds. The van der Waals surface area contributed by atoms with E-state index in [-0.39, 0.29) is 18.8 Å². The van der Waals surface area contributed by atoms with Crippen LogP contribution in [0.25, 0.3) is 0 Å². The number of hydrogen-bond donors (Lipinski definition) is 3. The van der Waals surface area contributed by atoms with Crippen LogP contribution in [0.15, 0.2) is 35.4 Å². The fourth-order valence-electron chi connectivity index (χ4n) is 3.44. The lowest BCUT2D eigenvalue weighted by atomic mass is 9.87. The van der Waals surface area contributed by atoms with Gasteiger partial charge in [-0.25, -0.2) is 0 Å². The Morgan fingerprint density at radius 1 is 1.19 bits per heavy atom. The van der Waals surface area contributed by atoms with E-state index < -0.39 is 0 Å². The Labute approximate surface area is 156 Å². The second-order valence-electron chi connectivity index (χ2n) is 7.61. The maximum Gasteiger partial charge on any atom is 0.126 e.